The second-order valence-electron chi connectivity index (χ2n) is 20.2. The molecule has 0 N–H and O–H groups in total. The topological polar surface area (TPSA) is 42.0 Å². The first-order valence-corrected chi connectivity index (χ1v) is 23.9. The van der Waals surface area contributed by atoms with Gasteiger partial charge in [-0.05, 0) is 218 Å². The fourth-order valence-electron chi connectivity index (χ4n) is 13.2. The van der Waals surface area contributed by atoms with Crippen LogP contribution in [0.25, 0.3) is 0 Å². The van der Waals surface area contributed by atoms with E-state index in [9.17, 15) is 0 Å². The van der Waals surface area contributed by atoms with E-state index in [-0.39, 0.29) is 0 Å². The lowest BCUT2D eigenvalue weighted by atomic mass is 9.84. The van der Waals surface area contributed by atoms with Crippen molar-refractivity contribution in [2.75, 3.05) is 28.8 Å². The Morgan fingerprint density at radius 3 is 1.61 bits per heavy atom. The van der Waals surface area contributed by atoms with Gasteiger partial charge < -0.3 is 14.7 Å². The number of aromatic nitrogens is 2. The first-order valence-electron chi connectivity index (χ1n) is 23.9. The molecule has 0 spiro atoms. The van der Waals surface area contributed by atoms with Crippen LogP contribution in [0.2, 0.25) is 0 Å². The number of pyridine rings is 2. The molecule has 7 atom stereocenters. The smallest absolute Gasteiger partial charge is 0.0801 e. The lowest BCUT2D eigenvalue weighted by Gasteiger charge is -2.40. The maximum Gasteiger partial charge on any atom is 0.0801 e. The standard InChI is InChI=1S/C21H27N3.C17H27N3.C16H23N/c1-13-12-14(2)22-15(3)21(13)24-16(4)23(5)19-10-11-20(24)18-9-7-6-8-17(18)19;1-11-10-12(2)18-13(3)17(11)20-14(4)19(5)15-6-8-16(20)9-7-15;1-10-7-11(2)12(3)16(8-10)17-13(4)14-5-6-15(17)9-14/h6-9,12,16,19-20H,10-11H2,1-5H3;10,14-16H,6-9H2,1-5H3;7-8,13-15H,5-6,9H2,1-4H3. The van der Waals surface area contributed by atoms with E-state index in [4.69, 9.17) is 9.97 Å². The zero-order valence-electron chi connectivity index (χ0n) is 40.3. The van der Waals surface area contributed by atoms with Crippen LogP contribution in [0.3, 0.4) is 0 Å². The van der Waals surface area contributed by atoms with Crippen molar-refractivity contribution >= 4 is 17.1 Å². The summed E-state index contributed by atoms with van der Waals surface area (Å²) < 4.78 is 0. The highest BCUT2D eigenvalue weighted by molar-refractivity contribution is 5.62. The molecule has 8 aliphatic rings. The summed E-state index contributed by atoms with van der Waals surface area (Å²) in [5.41, 5.74) is 18.8. The summed E-state index contributed by atoms with van der Waals surface area (Å²) >= 11 is 0. The summed E-state index contributed by atoms with van der Waals surface area (Å²) in [4.78, 5) is 22.6. The molecular formula is C54H77N7. The van der Waals surface area contributed by atoms with Crippen molar-refractivity contribution in [2.24, 2.45) is 5.92 Å². The van der Waals surface area contributed by atoms with Gasteiger partial charge in [-0.25, -0.2) is 0 Å². The largest absolute Gasteiger partial charge is 0.365 e. The van der Waals surface area contributed by atoms with Crippen LogP contribution in [-0.4, -0.2) is 70.4 Å². The number of fused-ring (bicyclic) bond motifs is 9. The van der Waals surface area contributed by atoms with Crippen molar-refractivity contribution in [3.63, 3.8) is 0 Å². The predicted octanol–water partition coefficient (Wildman–Crippen LogP) is 12.1. The molecule has 7 nitrogen and oxygen atoms in total. The highest BCUT2D eigenvalue weighted by Gasteiger charge is 2.45. The van der Waals surface area contributed by atoms with Crippen LogP contribution in [-0.2, 0) is 0 Å². The van der Waals surface area contributed by atoms with Crippen LogP contribution in [0.4, 0.5) is 17.1 Å². The maximum absolute atomic E-state index is 4.78. The number of anilines is 3. The molecule has 6 fully saturated rings. The Hall–Kier alpha value is -3.94. The minimum Gasteiger partial charge on any atom is -0.365 e. The third-order valence-electron chi connectivity index (χ3n) is 16.4. The quantitative estimate of drug-likeness (QED) is 0.204. The van der Waals surface area contributed by atoms with Gasteiger partial charge in [-0.2, -0.15) is 0 Å². The van der Waals surface area contributed by atoms with E-state index in [2.05, 4.69) is 170 Å². The molecule has 4 aromatic rings. The minimum atomic E-state index is 0.358. The summed E-state index contributed by atoms with van der Waals surface area (Å²) in [6.45, 7) is 26.8. The molecule has 6 bridgehead atoms. The third-order valence-corrected chi connectivity index (χ3v) is 16.4. The van der Waals surface area contributed by atoms with Gasteiger partial charge in [0.05, 0.1) is 41.1 Å². The van der Waals surface area contributed by atoms with Crippen LogP contribution in [0.5, 0.6) is 0 Å². The Balaban J connectivity index is 0.000000128. The number of rotatable bonds is 3. The highest BCUT2D eigenvalue weighted by Crippen LogP contribution is 2.50. The van der Waals surface area contributed by atoms with Crippen LogP contribution in [0, 0.1) is 68.2 Å². The molecule has 2 saturated carbocycles. The summed E-state index contributed by atoms with van der Waals surface area (Å²) in [6.07, 6.45) is 12.9. The number of aryl methyl sites for hydroxylation is 8. The fourth-order valence-corrected chi connectivity index (χ4v) is 13.2. The van der Waals surface area contributed by atoms with Gasteiger partial charge in [0.25, 0.3) is 0 Å². The normalized spacial score (nSPS) is 29.1. The van der Waals surface area contributed by atoms with Gasteiger partial charge in [0.2, 0.25) is 0 Å². The first-order chi connectivity index (χ1) is 29.0. The van der Waals surface area contributed by atoms with E-state index in [1.807, 2.05) is 0 Å². The van der Waals surface area contributed by atoms with Crippen molar-refractivity contribution in [2.45, 2.75) is 189 Å². The third kappa shape index (κ3) is 8.01. The predicted molar refractivity (Wildman–Crippen MR) is 257 cm³/mol. The number of hydrogen-bond acceptors (Lipinski definition) is 7. The molecule has 2 aromatic heterocycles. The fraction of sp³-hybridized carbons (Fsp3) is 0.593. The molecule has 0 amide bonds. The molecule has 5 aliphatic heterocycles. The summed E-state index contributed by atoms with van der Waals surface area (Å²) in [6, 6.07) is 22.2. The SMILES string of the molecule is Cc1cc(C)c(C)c(N2C3CCC(C3)C2C)c1.Cc1cc(C)c(N2C3CCC(CC3)N(C)C2C)c(C)n1.Cc1cc(C)c(N2C3CCC(c4ccccc43)N(C)C2C)c(C)n1. The van der Waals surface area contributed by atoms with E-state index in [0.29, 0.717) is 30.5 Å². The maximum atomic E-state index is 4.78. The van der Waals surface area contributed by atoms with Crippen LogP contribution >= 0.6 is 0 Å². The zero-order valence-corrected chi connectivity index (χ0v) is 40.3. The molecule has 7 heterocycles. The molecule has 2 aromatic carbocycles. The Kier molecular flexibility index (Phi) is 12.4. The number of benzene rings is 2. The molecule has 7 unspecified atom stereocenters. The van der Waals surface area contributed by atoms with Crippen LogP contribution < -0.4 is 14.7 Å². The second kappa shape index (κ2) is 17.3. The van der Waals surface area contributed by atoms with E-state index in [0.717, 1.165) is 41.1 Å². The van der Waals surface area contributed by atoms with Crippen LogP contribution in [0.1, 0.15) is 152 Å². The molecule has 7 heteroatoms. The van der Waals surface area contributed by atoms with Gasteiger partial charge in [0.1, 0.15) is 0 Å². The van der Waals surface area contributed by atoms with E-state index < -0.39 is 0 Å². The monoisotopic (exact) mass is 824 g/mol. The zero-order chi connectivity index (χ0) is 43.6. The number of hydrogen-bond donors (Lipinski definition) is 0. The molecule has 4 saturated heterocycles. The number of nitrogens with zero attached hydrogens (tertiary/aromatic N) is 7. The average molecular weight is 824 g/mol. The van der Waals surface area contributed by atoms with Crippen molar-refractivity contribution in [1.29, 1.82) is 0 Å². The lowest BCUT2D eigenvalue weighted by molar-refractivity contribution is 0.184. The summed E-state index contributed by atoms with van der Waals surface area (Å²) in [5.74, 6) is 0.945. The number of piperidine rings is 1. The van der Waals surface area contributed by atoms with Crippen molar-refractivity contribution < 1.29 is 0 Å². The van der Waals surface area contributed by atoms with Gasteiger partial charge >= 0.3 is 0 Å². The van der Waals surface area contributed by atoms with Crippen molar-refractivity contribution in [3.05, 3.63) is 110 Å². The van der Waals surface area contributed by atoms with Gasteiger partial charge in [0.15, 0.2) is 0 Å². The Labute approximate surface area is 369 Å². The Morgan fingerprint density at radius 1 is 0.508 bits per heavy atom. The molecule has 12 rings (SSSR count). The average Bonchev–Trinajstić information content (AvgIpc) is 3.72. The summed E-state index contributed by atoms with van der Waals surface area (Å²) in [7, 11) is 4.57. The minimum absolute atomic E-state index is 0.358. The van der Waals surface area contributed by atoms with E-state index in [1.165, 1.54) is 119 Å². The van der Waals surface area contributed by atoms with E-state index in [1.54, 1.807) is 0 Å². The second-order valence-corrected chi connectivity index (χ2v) is 20.2. The summed E-state index contributed by atoms with van der Waals surface area (Å²) in [5, 5.41) is 0. The molecule has 328 valence electrons. The highest BCUT2D eigenvalue weighted by atomic mass is 15.4. The van der Waals surface area contributed by atoms with Crippen molar-refractivity contribution in [3.8, 4) is 0 Å². The molecule has 61 heavy (non-hydrogen) atoms. The molecule has 0 radical (unpaired) electrons. The van der Waals surface area contributed by atoms with Gasteiger partial charge in [0, 0.05) is 47.3 Å². The van der Waals surface area contributed by atoms with Crippen LogP contribution in [0.15, 0.2) is 48.5 Å². The van der Waals surface area contributed by atoms with E-state index >= 15 is 0 Å². The van der Waals surface area contributed by atoms with Gasteiger partial charge in [-0.15, -0.1) is 0 Å². The van der Waals surface area contributed by atoms with Gasteiger partial charge in [-0.1, -0.05) is 30.3 Å². The van der Waals surface area contributed by atoms with Crippen molar-refractivity contribution in [1.82, 2.24) is 19.8 Å². The lowest BCUT2D eigenvalue weighted by Crippen LogP contribution is -2.47. The van der Waals surface area contributed by atoms with Gasteiger partial charge in [-0.3, -0.25) is 19.8 Å². The molecular weight excluding hydrogens is 747 g/mol. The Bertz CT molecular complexity index is 2170. The molecule has 3 aliphatic carbocycles. The Morgan fingerprint density at radius 2 is 1.03 bits per heavy atom. The first kappa shape index (κ1) is 43.7.